The molecule has 3 aliphatic heterocycles. The second-order valence-corrected chi connectivity index (χ2v) is 9.76. The van der Waals surface area contributed by atoms with Crippen molar-refractivity contribution in [1.29, 1.82) is 0 Å². The highest BCUT2D eigenvalue weighted by Gasteiger charge is 2.44. The number of thioether (sulfide) groups is 3. The second-order valence-electron chi connectivity index (χ2n) is 6.15. The molecule has 3 fully saturated rings. The predicted octanol–water partition coefficient (Wildman–Crippen LogP) is 3.12. The van der Waals surface area contributed by atoms with Crippen molar-refractivity contribution in [2.45, 2.75) is 43.1 Å². The number of rotatable bonds is 4. The van der Waals surface area contributed by atoms with Gasteiger partial charge in [0.25, 0.3) is 0 Å². The summed E-state index contributed by atoms with van der Waals surface area (Å²) in [5, 5.41) is 4.64. The molecule has 20 heavy (non-hydrogen) atoms. The minimum absolute atomic E-state index is 0.230. The molecule has 3 heterocycles. The Balaban J connectivity index is 1.66. The van der Waals surface area contributed by atoms with Crippen LogP contribution in [0.1, 0.15) is 26.2 Å². The highest BCUT2D eigenvalue weighted by atomic mass is 32.2. The maximum atomic E-state index is 6.21. The molecule has 4 atom stereocenters. The molecule has 3 saturated heterocycles. The van der Waals surface area contributed by atoms with E-state index in [9.17, 15) is 0 Å². The molecule has 0 bridgehead atoms. The molecule has 5 heteroatoms. The van der Waals surface area contributed by atoms with Crippen molar-refractivity contribution < 1.29 is 4.74 Å². The van der Waals surface area contributed by atoms with E-state index in [0.29, 0.717) is 6.04 Å². The molecule has 2 nitrogen and oxygen atoms in total. The highest BCUT2D eigenvalue weighted by molar-refractivity contribution is 8.06. The lowest BCUT2D eigenvalue weighted by Gasteiger charge is -2.43. The average Bonchev–Trinajstić information content (AvgIpc) is 2.93. The fraction of sp³-hybridized carbons (Fsp3) is 1.00. The van der Waals surface area contributed by atoms with Crippen molar-refractivity contribution in [3.05, 3.63) is 0 Å². The maximum absolute atomic E-state index is 6.21. The van der Waals surface area contributed by atoms with Gasteiger partial charge in [-0.05, 0) is 37.5 Å². The molecule has 0 saturated carbocycles. The lowest BCUT2D eigenvalue weighted by Crippen LogP contribution is -2.52. The molecule has 3 aliphatic rings. The number of ether oxygens (including phenoxy) is 1. The largest absolute Gasteiger partial charge is 0.374 e. The average molecular weight is 334 g/mol. The Hall–Kier alpha value is 0.970. The molecule has 1 spiro atoms. The van der Waals surface area contributed by atoms with Gasteiger partial charge in [0, 0.05) is 40.9 Å². The molecular formula is C15H27NOS3. The van der Waals surface area contributed by atoms with Crippen molar-refractivity contribution in [2.24, 2.45) is 5.92 Å². The summed E-state index contributed by atoms with van der Waals surface area (Å²) in [5.74, 6) is 7.36. The molecule has 4 unspecified atom stereocenters. The van der Waals surface area contributed by atoms with E-state index in [-0.39, 0.29) is 5.60 Å². The Morgan fingerprint density at radius 3 is 2.95 bits per heavy atom. The summed E-state index contributed by atoms with van der Waals surface area (Å²) in [7, 11) is 0. The zero-order valence-electron chi connectivity index (χ0n) is 12.4. The van der Waals surface area contributed by atoms with Crippen LogP contribution in [-0.4, -0.2) is 58.8 Å². The zero-order valence-corrected chi connectivity index (χ0v) is 14.9. The van der Waals surface area contributed by atoms with Crippen molar-refractivity contribution >= 4 is 35.3 Å². The zero-order chi connectivity index (χ0) is 13.8. The first kappa shape index (κ1) is 15.9. The van der Waals surface area contributed by atoms with E-state index < -0.39 is 0 Å². The van der Waals surface area contributed by atoms with Gasteiger partial charge in [0.1, 0.15) is 0 Å². The highest BCUT2D eigenvalue weighted by Crippen LogP contribution is 2.43. The molecule has 0 radical (unpaired) electrons. The molecule has 3 rings (SSSR count). The first-order valence-corrected chi connectivity index (χ1v) is 11.3. The van der Waals surface area contributed by atoms with Gasteiger partial charge < -0.3 is 10.1 Å². The van der Waals surface area contributed by atoms with E-state index in [1.165, 1.54) is 48.0 Å². The van der Waals surface area contributed by atoms with Crippen LogP contribution in [0.15, 0.2) is 0 Å². The summed E-state index contributed by atoms with van der Waals surface area (Å²) in [6, 6.07) is 0.698. The predicted molar refractivity (Wildman–Crippen MR) is 94.4 cm³/mol. The van der Waals surface area contributed by atoms with Gasteiger partial charge in [0.2, 0.25) is 0 Å². The van der Waals surface area contributed by atoms with Gasteiger partial charge >= 0.3 is 0 Å². The monoisotopic (exact) mass is 333 g/mol. The molecule has 1 N–H and O–H groups in total. The van der Waals surface area contributed by atoms with Crippen LogP contribution < -0.4 is 5.32 Å². The third-order valence-electron chi connectivity index (χ3n) is 4.79. The number of nitrogens with one attached hydrogen (secondary N) is 1. The minimum atomic E-state index is 0.230. The Morgan fingerprint density at radius 2 is 2.25 bits per heavy atom. The topological polar surface area (TPSA) is 21.3 Å². The van der Waals surface area contributed by atoms with Gasteiger partial charge in [-0.3, -0.25) is 0 Å². The molecule has 0 aromatic rings. The maximum Gasteiger partial charge on any atom is 0.0783 e. The fourth-order valence-electron chi connectivity index (χ4n) is 3.79. The second kappa shape index (κ2) is 7.49. The normalized spacial score (nSPS) is 40.0. The third-order valence-corrected chi connectivity index (χ3v) is 8.90. The van der Waals surface area contributed by atoms with Crippen LogP contribution in [0.3, 0.4) is 0 Å². The van der Waals surface area contributed by atoms with E-state index in [4.69, 9.17) is 4.74 Å². The fourth-order valence-corrected chi connectivity index (χ4v) is 8.13. The Bertz CT molecular complexity index is 303. The minimum Gasteiger partial charge on any atom is -0.374 e. The van der Waals surface area contributed by atoms with E-state index in [1.54, 1.807) is 0 Å². The van der Waals surface area contributed by atoms with E-state index in [0.717, 1.165) is 24.3 Å². The Kier molecular flexibility index (Phi) is 5.94. The number of hydrogen-bond acceptors (Lipinski definition) is 5. The van der Waals surface area contributed by atoms with Gasteiger partial charge in [-0.2, -0.15) is 35.3 Å². The molecule has 0 aromatic carbocycles. The quantitative estimate of drug-likeness (QED) is 0.851. The van der Waals surface area contributed by atoms with Crippen molar-refractivity contribution in [3.8, 4) is 0 Å². The van der Waals surface area contributed by atoms with Crippen LogP contribution in [0.5, 0.6) is 0 Å². The summed E-state index contributed by atoms with van der Waals surface area (Å²) < 4.78 is 6.21. The van der Waals surface area contributed by atoms with Crippen LogP contribution >= 0.6 is 35.3 Å². The SMILES string of the molecule is CCNC(C1CCOC2(CCSC2)C1)C1CSCCS1. The molecule has 116 valence electrons. The standard InChI is InChI=1S/C15H27NOS3/c1-2-16-14(13-10-18-7-8-20-13)12-3-5-17-15(9-12)4-6-19-11-15/h12-14,16H,2-11H2,1H3. The molecular weight excluding hydrogens is 306 g/mol. The van der Waals surface area contributed by atoms with Crippen LogP contribution in [0.4, 0.5) is 0 Å². The lowest BCUT2D eigenvalue weighted by atomic mass is 9.80. The van der Waals surface area contributed by atoms with Crippen LogP contribution in [0.25, 0.3) is 0 Å². The molecule has 0 aliphatic carbocycles. The number of hydrogen-bond donors (Lipinski definition) is 1. The Labute approximate surface area is 136 Å². The van der Waals surface area contributed by atoms with E-state index in [2.05, 4.69) is 47.5 Å². The first-order chi connectivity index (χ1) is 9.83. The summed E-state index contributed by atoms with van der Waals surface area (Å²) in [4.78, 5) is 0. The summed E-state index contributed by atoms with van der Waals surface area (Å²) in [6.45, 7) is 4.34. The van der Waals surface area contributed by atoms with Crippen LogP contribution in [0, 0.1) is 5.92 Å². The van der Waals surface area contributed by atoms with Crippen molar-refractivity contribution in [3.63, 3.8) is 0 Å². The third kappa shape index (κ3) is 3.65. The van der Waals surface area contributed by atoms with Gasteiger partial charge in [0.05, 0.1) is 5.60 Å². The van der Waals surface area contributed by atoms with Crippen molar-refractivity contribution in [1.82, 2.24) is 5.32 Å². The van der Waals surface area contributed by atoms with E-state index >= 15 is 0 Å². The molecule has 0 aromatic heterocycles. The van der Waals surface area contributed by atoms with Crippen molar-refractivity contribution in [2.75, 3.05) is 41.9 Å². The van der Waals surface area contributed by atoms with Crippen LogP contribution in [0.2, 0.25) is 0 Å². The lowest BCUT2D eigenvalue weighted by molar-refractivity contribution is -0.0848. The summed E-state index contributed by atoms with van der Waals surface area (Å²) in [6.07, 6.45) is 3.82. The molecule has 0 amide bonds. The van der Waals surface area contributed by atoms with E-state index in [1.807, 2.05) is 0 Å². The van der Waals surface area contributed by atoms with Crippen LogP contribution in [-0.2, 0) is 4.74 Å². The van der Waals surface area contributed by atoms with Gasteiger partial charge in [-0.25, -0.2) is 0 Å². The summed E-state index contributed by atoms with van der Waals surface area (Å²) in [5.41, 5.74) is 0.230. The smallest absolute Gasteiger partial charge is 0.0783 e. The first-order valence-electron chi connectivity index (χ1n) is 7.97. The van der Waals surface area contributed by atoms with Gasteiger partial charge in [-0.1, -0.05) is 6.92 Å². The van der Waals surface area contributed by atoms with Gasteiger partial charge in [0.15, 0.2) is 0 Å². The Morgan fingerprint density at radius 1 is 1.30 bits per heavy atom. The van der Waals surface area contributed by atoms with Gasteiger partial charge in [-0.15, -0.1) is 0 Å². The summed E-state index contributed by atoms with van der Waals surface area (Å²) >= 11 is 6.44.